The Kier molecular flexibility index (Phi) is 7.96. The molecule has 1 saturated heterocycles. The molecule has 0 aliphatic carbocycles. The third-order valence-electron chi connectivity index (χ3n) is 5.24. The van der Waals surface area contributed by atoms with Crippen molar-refractivity contribution in [3.8, 4) is 6.07 Å². The average molecular weight is 421 g/mol. The first-order valence-corrected chi connectivity index (χ1v) is 10.5. The van der Waals surface area contributed by atoms with Crippen molar-refractivity contribution in [2.75, 3.05) is 54.9 Å². The highest BCUT2D eigenvalue weighted by atomic mass is 16.2. The molecule has 1 aromatic carbocycles. The van der Waals surface area contributed by atoms with Crippen molar-refractivity contribution >= 4 is 29.0 Å². The van der Waals surface area contributed by atoms with Crippen LogP contribution in [0.1, 0.15) is 19.3 Å². The van der Waals surface area contributed by atoms with Crippen LogP contribution in [-0.2, 0) is 9.59 Å². The summed E-state index contributed by atoms with van der Waals surface area (Å²) in [6.45, 7) is 4.17. The van der Waals surface area contributed by atoms with Gasteiger partial charge in [0.25, 0.3) is 0 Å². The molecular weight excluding hydrogens is 392 g/mol. The Bertz CT molecular complexity index is 902. The van der Waals surface area contributed by atoms with Gasteiger partial charge in [-0.2, -0.15) is 5.26 Å². The number of pyridine rings is 1. The van der Waals surface area contributed by atoms with Crippen molar-refractivity contribution in [3.05, 3.63) is 48.7 Å². The van der Waals surface area contributed by atoms with Crippen LogP contribution in [-0.4, -0.2) is 61.5 Å². The fraction of sp³-hybridized carbons (Fsp3) is 0.391. The molecular formula is C23H28N6O2. The second kappa shape index (κ2) is 11.1. The number of nitrogens with zero attached hydrogens (tertiary/aromatic N) is 5. The number of para-hydroxylation sites is 1. The number of rotatable bonds is 8. The first-order valence-electron chi connectivity index (χ1n) is 10.5. The Hall–Kier alpha value is -3.44. The summed E-state index contributed by atoms with van der Waals surface area (Å²) in [6.07, 6.45) is 2.02. The molecule has 3 rings (SSSR count). The van der Waals surface area contributed by atoms with Crippen molar-refractivity contribution in [2.45, 2.75) is 19.3 Å². The van der Waals surface area contributed by atoms with E-state index in [4.69, 9.17) is 5.26 Å². The maximum Gasteiger partial charge on any atom is 0.227 e. The lowest BCUT2D eigenvalue weighted by Crippen LogP contribution is -2.44. The van der Waals surface area contributed by atoms with E-state index in [0.717, 1.165) is 37.7 Å². The molecule has 162 valence electrons. The number of anilines is 3. The van der Waals surface area contributed by atoms with Gasteiger partial charge in [-0.15, -0.1) is 0 Å². The third-order valence-corrected chi connectivity index (χ3v) is 5.24. The van der Waals surface area contributed by atoms with E-state index < -0.39 is 0 Å². The molecule has 31 heavy (non-hydrogen) atoms. The lowest BCUT2D eigenvalue weighted by molar-refractivity contribution is -0.122. The Labute approximate surface area is 183 Å². The van der Waals surface area contributed by atoms with Crippen molar-refractivity contribution in [1.29, 1.82) is 5.26 Å². The minimum Gasteiger partial charge on any atom is -0.354 e. The number of hydrogen-bond acceptors (Lipinski definition) is 6. The Balaban J connectivity index is 1.50. The predicted octanol–water partition coefficient (Wildman–Crippen LogP) is 2.50. The zero-order valence-electron chi connectivity index (χ0n) is 17.8. The van der Waals surface area contributed by atoms with Crippen LogP contribution < -0.4 is 15.1 Å². The number of likely N-dealkylation sites (N-methyl/N-ethyl adjacent to an activating group) is 1. The van der Waals surface area contributed by atoms with Gasteiger partial charge in [0.1, 0.15) is 5.82 Å². The molecule has 1 N–H and O–H groups in total. The number of carbonyl (C=O) groups excluding carboxylic acids is 2. The molecule has 1 aromatic heterocycles. The molecule has 0 unspecified atom stereocenters. The molecule has 0 radical (unpaired) electrons. The normalized spacial score (nSPS) is 14.0. The van der Waals surface area contributed by atoms with E-state index in [1.165, 1.54) is 0 Å². The number of nitriles is 1. The van der Waals surface area contributed by atoms with Crippen molar-refractivity contribution in [3.63, 3.8) is 0 Å². The van der Waals surface area contributed by atoms with Gasteiger partial charge < -0.3 is 20.0 Å². The van der Waals surface area contributed by atoms with Crippen molar-refractivity contribution < 1.29 is 9.59 Å². The predicted molar refractivity (Wildman–Crippen MR) is 121 cm³/mol. The molecule has 0 bridgehead atoms. The summed E-state index contributed by atoms with van der Waals surface area (Å²) in [6, 6.07) is 15.0. The second-order valence-electron chi connectivity index (χ2n) is 7.53. The summed E-state index contributed by atoms with van der Waals surface area (Å²) < 4.78 is 0. The number of nitrogens with one attached hydrogen (secondary N) is 1. The number of benzene rings is 1. The van der Waals surface area contributed by atoms with Crippen LogP contribution in [0.15, 0.2) is 48.7 Å². The molecule has 1 aliphatic rings. The summed E-state index contributed by atoms with van der Waals surface area (Å²) in [5.41, 5.74) is 1.34. The summed E-state index contributed by atoms with van der Waals surface area (Å²) in [5.74, 6) is 0.480. The van der Waals surface area contributed by atoms with Gasteiger partial charge in [0.2, 0.25) is 11.8 Å². The van der Waals surface area contributed by atoms with Gasteiger partial charge in [-0.1, -0.05) is 18.2 Å². The Morgan fingerprint density at radius 1 is 1.10 bits per heavy atom. The Morgan fingerprint density at radius 2 is 1.84 bits per heavy atom. The maximum absolute atomic E-state index is 12.7. The second-order valence-corrected chi connectivity index (χ2v) is 7.53. The fourth-order valence-electron chi connectivity index (χ4n) is 3.43. The van der Waals surface area contributed by atoms with Gasteiger partial charge in [0, 0.05) is 51.3 Å². The molecule has 0 spiro atoms. The van der Waals surface area contributed by atoms with E-state index in [9.17, 15) is 9.59 Å². The number of carbonyl (C=O) groups is 2. The highest BCUT2D eigenvalue weighted by Crippen LogP contribution is 2.18. The van der Waals surface area contributed by atoms with E-state index >= 15 is 0 Å². The van der Waals surface area contributed by atoms with Gasteiger partial charge >= 0.3 is 0 Å². The molecule has 2 heterocycles. The third kappa shape index (κ3) is 6.52. The number of amides is 2. The maximum atomic E-state index is 12.7. The van der Waals surface area contributed by atoms with E-state index in [-0.39, 0.29) is 31.1 Å². The van der Waals surface area contributed by atoms with E-state index in [1.807, 2.05) is 42.5 Å². The molecule has 0 saturated carbocycles. The van der Waals surface area contributed by atoms with Crippen LogP contribution in [0.2, 0.25) is 0 Å². The van der Waals surface area contributed by atoms with Gasteiger partial charge in [0.15, 0.2) is 0 Å². The highest BCUT2D eigenvalue weighted by Gasteiger charge is 2.18. The summed E-state index contributed by atoms with van der Waals surface area (Å²) in [5, 5.41) is 11.7. The molecule has 0 atom stereocenters. The fourth-order valence-corrected chi connectivity index (χ4v) is 3.43. The highest BCUT2D eigenvalue weighted by molar-refractivity contribution is 5.98. The number of piperazine rings is 1. The first-order chi connectivity index (χ1) is 15.1. The van der Waals surface area contributed by atoms with Gasteiger partial charge in [-0.25, -0.2) is 4.98 Å². The van der Waals surface area contributed by atoms with Crippen LogP contribution in [0.4, 0.5) is 17.2 Å². The largest absolute Gasteiger partial charge is 0.354 e. The van der Waals surface area contributed by atoms with Crippen LogP contribution in [0, 0.1) is 11.3 Å². The standard InChI is InChI=1S/C23H28N6O2/c1-27-14-16-28(17-15-27)21-9-8-19(18-25-21)26-22(30)10-11-23(31)29(13-5-12-24)20-6-3-2-4-7-20/h2-4,6-9,18H,5,10-11,13-17H2,1H3,(H,26,30). The molecule has 2 amide bonds. The smallest absolute Gasteiger partial charge is 0.227 e. The SMILES string of the molecule is CN1CCN(c2ccc(NC(=O)CCC(=O)N(CCC#N)c3ccccc3)cn2)CC1. The van der Waals surface area contributed by atoms with Crippen molar-refractivity contribution in [2.24, 2.45) is 0 Å². The zero-order chi connectivity index (χ0) is 22.1. The topological polar surface area (TPSA) is 92.6 Å². The van der Waals surface area contributed by atoms with E-state index in [0.29, 0.717) is 12.2 Å². The Morgan fingerprint density at radius 3 is 2.48 bits per heavy atom. The van der Waals surface area contributed by atoms with Crippen LogP contribution in [0.25, 0.3) is 0 Å². The van der Waals surface area contributed by atoms with Crippen LogP contribution >= 0.6 is 0 Å². The summed E-state index contributed by atoms with van der Waals surface area (Å²) in [7, 11) is 2.11. The lowest BCUT2D eigenvalue weighted by Gasteiger charge is -2.33. The summed E-state index contributed by atoms with van der Waals surface area (Å²) in [4.78, 5) is 35.5. The molecule has 8 heteroatoms. The first kappa shape index (κ1) is 22.2. The van der Waals surface area contributed by atoms with Crippen molar-refractivity contribution in [1.82, 2.24) is 9.88 Å². The lowest BCUT2D eigenvalue weighted by atomic mass is 10.2. The van der Waals surface area contributed by atoms with Gasteiger partial charge in [-0.3, -0.25) is 9.59 Å². The average Bonchev–Trinajstić information content (AvgIpc) is 2.80. The minimum absolute atomic E-state index is 0.0644. The quantitative estimate of drug-likeness (QED) is 0.705. The summed E-state index contributed by atoms with van der Waals surface area (Å²) >= 11 is 0. The molecule has 8 nitrogen and oxygen atoms in total. The minimum atomic E-state index is -0.240. The van der Waals surface area contributed by atoms with E-state index in [2.05, 4.69) is 33.2 Å². The zero-order valence-corrected chi connectivity index (χ0v) is 17.8. The monoisotopic (exact) mass is 420 g/mol. The van der Waals surface area contributed by atoms with Crippen LogP contribution in [0.3, 0.4) is 0 Å². The molecule has 1 fully saturated rings. The van der Waals surface area contributed by atoms with Crippen LogP contribution in [0.5, 0.6) is 0 Å². The molecule has 1 aliphatic heterocycles. The number of hydrogen-bond donors (Lipinski definition) is 1. The number of aromatic nitrogens is 1. The van der Waals surface area contributed by atoms with Gasteiger partial charge in [-0.05, 0) is 31.3 Å². The van der Waals surface area contributed by atoms with E-state index in [1.54, 1.807) is 11.1 Å². The molecule has 2 aromatic rings. The van der Waals surface area contributed by atoms with Gasteiger partial charge in [0.05, 0.1) is 24.4 Å².